The van der Waals surface area contributed by atoms with Gasteiger partial charge in [0, 0.05) is 29.2 Å². The largest absolute Gasteiger partial charge is 0.280 e. The predicted molar refractivity (Wildman–Crippen MR) is 70.5 cm³/mol. The van der Waals surface area contributed by atoms with Crippen LogP contribution in [-0.4, -0.2) is 19.6 Å². The zero-order valence-corrected chi connectivity index (χ0v) is 11.5. The van der Waals surface area contributed by atoms with E-state index in [2.05, 4.69) is 26.1 Å². The number of halogens is 3. The number of rotatable bonds is 2. The first-order valence-electron chi connectivity index (χ1n) is 5.52. The highest BCUT2D eigenvalue weighted by Gasteiger charge is 2.16. The van der Waals surface area contributed by atoms with Crippen LogP contribution in [0.4, 0.5) is 8.78 Å². The third-order valence-electron chi connectivity index (χ3n) is 2.86. The Morgan fingerprint density at radius 1 is 1.26 bits per heavy atom. The zero-order valence-electron chi connectivity index (χ0n) is 9.89. The van der Waals surface area contributed by atoms with E-state index in [1.54, 1.807) is 6.20 Å². The van der Waals surface area contributed by atoms with Gasteiger partial charge in [-0.25, -0.2) is 13.5 Å². The van der Waals surface area contributed by atoms with E-state index >= 15 is 0 Å². The summed E-state index contributed by atoms with van der Waals surface area (Å²) >= 11 is 3.43. The maximum Gasteiger partial charge on any atom is 0.280 e. The number of benzene rings is 1. The SMILES string of the molecule is Cn1nc(-n2cc3c(Br)cccc3n2)cc1C(F)F. The number of alkyl halides is 2. The lowest BCUT2D eigenvalue weighted by Crippen LogP contribution is -1.99. The normalized spacial score (nSPS) is 11.6. The molecule has 1 aromatic carbocycles. The number of aromatic nitrogens is 4. The first-order chi connectivity index (χ1) is 9.06. The Kier molecular flexibility index (Phi) is 2.85. The lowest BCUT2D eigenvalue weighted by atomic mass is 10.3. The minimum absolute atomic E-state index is 0.131. The Morgan fingerprint density at radius 2 is 2.05 bits per heavy atom. The molecule has 0 aliphatic rings. The molecule has 7 heteroatoms. The summed E-state index contributed by atoms with van der Waals surface area (Å²) < 4.78 is 29.0. The topological polar surface area (TPSA) is 35.6 Å². The van der Waals surface area contributed by atoms with E-state index in [1.807, 2.05) is 18.2 Å². The highest BCUT2D eigenvalue weighted by molar-refractivity contribution is 9.10. The molecule has 2 heterocycles. The van der Waals surface area contributed by atoms with Crippen LogP contribution in [-0.2, 0) is 7.05 Å². The van der Waals surface area contributed by atoms with Gasteiger partial charge in [-0.15, -0.1) is 0 Å². The molecule has 3 rings (SSSR count). The lowest BCUT2D eigenvalue weighted by molar-refractivity contribution is 0.141. The molecule has 0 N–H and O–H groups in total. The van der Waals surface area contributed by atoms with Crippen LogP contribution in [0.15, 0.2) is 34.9 Å². The van der Waals surface area contributed by atoms with Crippen LogP contribution in [0.5, 0.6) is 0 Å². The van der Waals surface area contributed by atoms with Crippen molar-refractivity contribution in [3.63, 3.8) is 0 Å². The molecule has 0 unspecified atom stereocenters. The quantitative estimate of drug-likeness (QED) is 0.723. The van der Waals surface area contributed by atoms with Crippen molar-refractivity contribution in [2.24, 2.45) is 7.05 Å². The van der Waals surface area contributed by atoms with Crippen LogP contribution < -0.4 is 0 Å². The first kappa shape index (κ1) is 12.3. The van der Waals surface area contributed by atoms with Crippen molar-refractivity contribution in [2.75, 3.05) is 0 Å². The average Bonchev–Trinajstić information content (AvgIpc) is 2.93. The first-order valence-corrected chi connectivity index (χ1v) is 6.32. The van der Waals surface area contributed by atoms with Crippen LogP contribution in [0.1, 0.15) is 12.1 Å². The molecule has 0 fully saturated rings. The van der Waals surface area contributed by atoms with Gasteiger partial charge in [0.2, 0.25) is 0 Å². The van der Waals surface area contributed by atoms with Gasteiger partial charge in [0.05, 0.1) is 5.52 Å². The smallest absolute Gasteiger partial charge is 0.265 e. The summed E-state index contributed by atoms with van der Waals surface area (Å²) in [5, 5.41) is 9.28. The Labute approximate surface area is 115 Å². The Hall–Kier alpha value is -1.76. The van der Waals surface area contributed by atoms with Gasteiger partial charge >= 0.3 is 0 Å². The number of hydrogen-bond acceptors (Lipinski definition) is 2. The summed E-state index contributed by atoms with van der Waals surface area (Å²) in [6.45, 7) is 0. The molecule has 0 bridgehead atoms. The van der Waals surface area contributed by atoms with E-state index in [-0.39, 0.29) is 5.69 Å². The lowest BCUT2D eigenvalue weighted by Gasteiger charge is -1.96. The monoisotopic (exact) mass is 326 g/mol. The molecule has 2 aromatic heterocycles. The predicted octanol–water partition coefficient (Wildman–Crippen LogP) is 3.46. The number of hydrogen-bond donors (Lipinski definition) is 0. The Morgan fingerprint density at radius 3 is 2.68 bits per heavy atom. The van der Waals surface area contributed by atoms with Crippen LogP contribution in [0.25, 0.3) is 16.7 Å². The second-order valence-corrected chi connectivity index (χ2v) is 4.95. The summed E-state index contributed by atoms with van der Waals surface area (Å²) in [4.78, 5) is 0. The van der Waals surface area contributed by atoms with Crippen molar-refractivity contribution < 1.29 is 8.78 Å². The second kappa shape index (κ2) is 4.41. The molecular formula is C12H9BrF2N4. The van der Waals surface area contributed by atoms with Gasteiger partial charge in [-0.2, -0.15) is 10.2 Å². The molecule has 3 aromatic rings. The van der Waals surface area contributed by atoms with E-state index in [1.165, 1.54) is 22.5 Å². The van der Waals surface area contributed by atoms with Crippen LogP contribution in [0.2, 0.25) is 0 Å². The van der Waals surface area contributed by atoms with Crippen molar-refractivity contribution in [3.05, 3.63) is 40.6 Å². The van der Waals surface area contributed by atoms with Crippen LogP contribution >= 0.6 is 15.9 Å². The summed E-state index contributed by atoms with van der Waals surface area (Å²) in [5.74, 6) is 0.376. The van der Waals surface area contributed by atoms with E-state index in [0.717, 1.165) is 15.4 Å². The molecule has 4 nitrogen and oxygen atoms in total. The van der Waals surface area contributed by atoms with E-state index in [9.17, 15) is 8.78 Å². The summed E-state index contributed by atoms with van der Waals surface area (Å²) in [6.07, 6.45) is -0.792. The molecule has 0 radical (unpaired) electrons. The van der Waals surface area contributed by atoms with Crippen molar-refractivity contribution in [3.8, 4) is 5.82 Å². The zero-order chi connectivity index (χ0) is 13.6. The van der Waals surface area contributed by atoms with Gasteiger partial charge < -0.3 is 0 Å². The average molecular weight is 327 g/mol. The molecule has 0 spiro atoms. The van der Waals surface area contributed by atoms with Crippen molar-refractivity contribution in [1.29, 1.82) is 0 Å². The maximum atomic E-state index is 12.7. The van der Waals surface area contributed by atoms with Crippen molar-refractivity contribution in [1.82, 2.24) is 19.6 Å². The molecule has 98 valence electrons. The summed E-state index contributed by atoms with van der Waals surface area (Å²) in [5.41, 5.74) is 0.646. The number of nitrogens with zero attached hydrogens (tertiary/aromatic N) is 4. The molecular weight excluding hydrogens is 318 g/mol. The van der Waals surface area contributed by atoms with Gasteiger partial charge in [0.25, 0.3) is 6.43 Å². The van der Waals surface area contributed by atoms with Crippen molar-refractivity contribution >= 4 is 26.8 Å². The standard InChI is InChI=1S/C12H9BrF2N4/c1-18-10(12(14)15)5-11(17-18)19-6-7-8(13)3-2-4-9(7)16-19/h2-6,12H,1H3. The minimum atomic E-state index is -2.55. The van der Waals surface area contributed by atoms with Crippen LogP contribution in [0.3, 0.4) is 0 Å². The van der Waals surface area contributed by atoms with Crippen molar-refractivity contribution in [2.45, 2.75) is 6.43 Å². The third kappa shape index (κ3) is 2.03. The molecule has 0 saturated heterocycles. The minimum Gasteiger partial charge on any atom is -0.265 e. The molecule has 0 atom stereocenters. The maximum absolute atomic E-state index is 12.7. The molecule has 0 saturated carbocycles. The molecule has 0 amide bonds. The van der Waals surface area contributed by atoms with E-state index in [0.29, 0.717) is 5.82 Å². The number of fused-ring (bicyclic) bond motifs is 1. The van der Waals surface area contributed by atoms with Gasteiger partial charge in [-0.1, -0.05) is 22.0 Å². The molecule has 0 aliphatic carbocycles. The van der Waals surface area contributed by atoms with E-state index in [4.69, 9.17) is 0 Å². The molecule has 0 aliphatic heterocycles. The third-order valence-corrected chi connectivity index (χ3v) is 3.55. The highest BCUT2D eigenvalue weighted by Crippen LogP contribution is 2.25. The van der Waals surface area contributed by atoms with E-state index < -0.39 is 6.43 Å². The van der Waals surface area contributed by atoms with Gasteiger partial charge in [-0.3, -0.25) is 4.68 Å². The highest BCUT2D eigenvalue weighted by atomic mass is 79.9. The Bertz CT molecular complexity index is 747. The fourth-order valence-electron chi connectivity index (χ4n) is 1.91. The van der Waals surface area contributed by atoms with Crippen LogP contribution in [0, 0.1) is 0 Å². The summed E-state index contributed by atoms with van der Waals surface area (Å²) in [6, 6.07) is 6.96. The van der Waals surface area contributed by atoms with Gasteiger partial charge in [0.15, 0.2) is 5.82 Å². The van der Waals surface area contributed by atoms with Gasteiger partial charge in [0.1, 0.15) is 5.69 Å². The number of aryl methyl sites for hydroxylation is 1. The second-order valence-electron chi connectivity index (χ2n) is 4.10. The summed E-state index contributed by atoms with van der Waals surface area (Å²) in [7, 11) is 1.49. The fraction of sp³-hybridized carbons (Fsp3) is 0.167. The fourth-order valence-corrected chi connectivity index (χ4v) is 2.37. The van der Waals surface area contributed by atoms with Gasteiger partial charge in [-0.05, 0) is 12.1 Å². The Balaban J connectivity index is 2.14. The molecule has 19 heavy (non-hydrogen) atoms.